The van der Waals surface area contributed by atoms with E-state index in [9.17, 15) is 9.18 Å². The summed E-state index contributed by atoms with van der Waals surface area (Å²) in [6.45, 7) is 0. The monoisotopic (exact) mass is 205 g/mol. The van der Waals surface area contributed by atoms with E-state index in [0.717, 1.165) is 0 Å². The van der Waals surface area contributed by atoms with Crippen LogP contribution in [0.1, 0.15) is 12.0 Å². The van der Waals surface area contributed by atoms with Crippen LogP contribution in [0.3, 0.4) is 0 Å². The predicted molar refractivity (Wildman–Crippen MR) is 52.4 cm³/mol. The second-order valence-electron chi connectivity index (χ2n) is 2.68. The van der Waals surface area contributed by atoms with Crippen LogP contribution in [0, 0.1) is 17.1 Å². The molecule has 0 fully saturated rings. The van der Waals surface area contributed by atoms with Crippen LogP contribution in [0.2, 0.25) is 0 Å². The number of rotatable bonds is 3. The molecule has 1 aromatic carbocycles. The third-order valence-electron chi connectivity index (χ3n) is 1.49. The molecule has 0 aromatic heterocycles. The van der Waals surface area contributed by atoms with Gasteiger partial charge in [0.05, 0.1) is 12.3 Å². The maximum absolute atomic E-state index is 12.7. The topological polar surface area (TPSA) is 65.2 Å². The van der Waals surface area contributed by atoms with Gasteiger partial charge in [-0.3, -0.25) is 4.79 Å². The minimum atomic E-state index is -0.495. The van der Waals surface area contributed by atoms with E-state index in [0.29, 0.717) is 5.56 Å². The fraction of sp³-hybridized carbons (Fsp3) is 0.100. The lowest BCUT2D eigenvalue weighted by atomic mass is 10.2. The third kappa shape index (κ3) is 4.00. The van der Waals surface area contributed by atoms with Gasteiger partial charge in [0.15, 0.2) is 0 Å². The molecule has 0 saturated heterocycles. The number of hydrazone groups is 1. The van der Waals surface area contributed by atoms with Crippen molar-refractivity contribution in [3.05, 3.63) is 35.6 Å². The summed E-state index contributed by atoms with van der Waals surface area (Å²) in [5.41, 5.74) is 2.67. The predicted octanol–water partition coefficient (Wildman–Crippen LogP) is 1.19. The third-order valence-corrected chi connectivity index (χ3v) is 1.49. The molecule has 0 atom stereocenters. The molecule has 1 N–H and O–H groups in total. The molecule has 0 unspecified atom stereocenters. The average molecular weight is 205 g/mol. The van der Waals surface area contributed by atoms with Crippen LogP contribution in [0.25, 0.3) is 0 Å². The van der Waals surface area contributed by atoms with Gasteiger partial charge in [-0.1, -0.05) is 12.1 Å². The number of halogens is 1. The van der Waals surface area contributed by atoms with Crippen LogP contribution in [-0.4, -0.2) is 12.1 Å². The minimum absolute atomic E-state index is 0.250. The van der Waals surface area contributed by atoms with Crippen molar-refractivity contribution < 1.29 is 9.18 Å². The highest BCUT2D eigenvalue weighted by Crippen LogP contribution is 1.99. The molecule has 0 spiro atoms. The van der Waals surface area contributed by atoms with Crippen molar-refractivity contribution in [3.63, 3.8) is 0 Å². The van der Waals surface area contributed by atoms with E-state index in [1.54, 1.807) is 12.1 Å². The van der Waals surface area contributed by atoms with Gasteiger partial charge in [-0.05, 0) is 17.7 Å². The van der Waals surface area contributed by atoms with Crippen LogP contribution in [0.4, 0.5) is 4.39 Å². The minimum Gasteiger partial charge on any atom is -0.272 e. The molecule has 1 amide bonds. The van der Waals surface area contributed by atoms with Crippen LogP contribution in [0.15, 0.2) is 29.4 Å². The quantitative estimate of drug-likeness (QED) is 0.595. The summed E-state index contributed by atoms with van der Waals surface area (Å²) in [4.78, 5) is 10.8. The van der Waals surface area contributed by atoms with Gasteiger partial charge < -0.3 is 0 Å². The van der Waals surface area contributed by atoms with Gasteiger partial charge in [-0.2, -0.15) is 10.4 Å². The fourth-order valence-electron chi connectivity index (χ4n) is 0.877. The highest BCUT2D eigenvalue weighted by molar-refractivity contribution is 5.82. The Bertz CT molecular complexity index is 423. The molecule has 15 heavy (non-hydrogen) atoms. The number of nitrogens with one attached hydrogen (secondary N) is 1. The van der Waals surface area contributed by atoms with Crippen LogP contribution < -0.4 is 5.43 Å². The molecular formula is C10H8FN3O. The van der Waals surface area contributed by atoms with Crippen molar-refractivity contribution in [3.8, 4) is 6.07 Å². The molecule has 0 aliphatic carbocycles. The van der Waals surface area contributed by atoms with Gasteiger partial charge in [0.2, 0.25) is 0 Å². The lowest BCUT2D eigenvalue weighted by Crippen LogP contribution is -2.16. The Kier molecular flexibility index (Phi) is 3.98. The Hall–Kier alpha value is -2.22. The summed E-state index contributed by atoms with van der Waals surface area (Å²) < 4.78 is 12.7. The number of carbonyl (C=O) groups excluding carboxylic acids is 1. The lowest BCUT2D eigenvalue weighted by molar-refractivity contribution is -0.120. The van der Waals surface area contributed by atoms with E-state index in [-0.39, 0.29) is 12.2 Å². The van der Waals surface area contributed by atoms with E-state index in [1.807, 2.05) is 0 Å². The summed E-state index contributed by atoms with van der Waals surface area (Å²) in [6.07, 6.45) is 1.05. The molecule has 0 heterocycles. The van der Waals surface area contributed by atoms with E-state index in [2.05, 4.69) is 10.5 Å². The van der Waals surface area contributed by atoms with Crippen molar-refractivity contribution in [2.75, 3.05) is 0 Å². The van der Waals surface area contributed by atoms with E-state index in [4.69, 9.17) is 5.26 Å². The van der Waals surface area contributed by atoms with Gasteiger partial charge in [0, 0.05) is 0 Å². The number of nitriles is 1. The maximum atomic E-state index is 12.7. The van der Waals surface area contributed by atoms with Crippen molar-refractivity contribution in [2.24, 2.45) is 5.10 Å². The molecular weight excluding hydrogens is 197 g/mol. The fourth-order valence-corrected chi connectivity index (χ4v) is 0.877. The molecule has 0 radical (unpaired) electrons. The molecule has 0 bridgehead atoms. The number of nitrogens with zero attached hydrogens (tertiary/aromatic N) is 2. The Morgan fingerprint density at radius 2 is 2.47 bits per heavy atom. The number of hydrogen-bond acceptors (Lipinski definition) is 3. The Morgan fingerprint density at radius 3 is 3.13 bits per heavy atom. The molecule has 0 aliphatic rings. The first-order chi connectivity index (χ1) is 7.22. The molecule has 4 nitrogen and oxygen atoms in total. The van der Waals surface area contributed by atoms with Crippen molar-refractivity contribution in [2.45, 2.75) is 6.42 Å². The zero-order valence-corrected chi connectivity index (χ0v) is 7.77. The van der Waals surface area contributed by atoms with E-state index in [1.165, 1.54) is 24.4 Å². The smallest absolute Gasteiger partial charge is 0.254 e. The Labute approximate surface area is 86.0 Å². The SMILES string of the molecule is N#CCC(=O)NN=Cc1cccc(F)c1. The first-order valence-corrected chi connectivity index (χ1v) is 4.17. The summed E-state index contributed by atoms with van der Waals surface area (Å²) in [5, 5.41) is 11.7. The molecule has 76 valence electrons. The highest BCUT2D eigenvalue weighted by atomic mass is 19.1. The van der Waals surface area contributed by atoms with Crippen LogP contribution in [0.5, 0.6) is 0 Å². The number of hydrogen-bond donors (Lipinski definition) is 1. The largest absolute Gasteiger partial charge is 0.272 e. The summed E-state index contributed by atoms with van der Waals surface area (Å²) in [5.74, 6) is -0.868. The highest BCUT2D eigenvalue weighted by Gasteiger charge is 1.95. The molecule has 0 saturated carbocycles. The van der Waals surface area contributed by atoms with E-state index < -0.39 is 5.91 Å². The zero-order valence-electron chi connectivity index (χ0n) is 7.77. The summed E-state index contributed by atoms with van der Waals surface area (Å²) >= 11 is 0. The first kappa shape index (κ1) is 10.9. The standard InChI is InChI=1S/C10H8FN3O/c11-9-3-1-2-8(6-9)7-13-14-10(15)4-5-12/h1-3,6-7H,4H2,(H,14,15). The van der Waals surface area contributed by atoms with Gasteiger partial charge in [-0.15, -0.1) is 0 Å². The summed E-state index contributed by atoms with van der Waals surface area (Å²) in [7, 11) is 0. The zero-order chi connectivity index (χ0) is 11.1. The molecule has 1 aromatic rings. The van der Waals surface area contributed by atoms with Crippen LogP contribution in [-0.2, 0) is 4.79 Å². The van der Waals surface area contributed by atoms with Crippen molar-refractivity contribution >= 4 is 12.1 Å². The number of carbonyl (C=O) groups is 1. The van der Waals surface area contributed by atoms with Crippen molar-refractivity contribution in [1.29, 1.82) is 5.26 Å². The maximum Gasteiger partial charge on any atom is 0.254 e. The van der Waals surface area contributed by atoms with Gasteiger partial charge >= 0.3 is 0 Å². The number of amides is 1. The molecule has 1 rings (SSSR count). The van der Waals surface area contributed by atoms with Gasteiger partial charge in [-0.25, -0.2) is 9.82 Å². The Balaban J connectivity index is 2.52. The van der Waals surface area contributed by atoms with Gasteiger partial charge in [0.25, 0.3) is 5.91 Å². The first-order valence-electron chi connectivity index (χ1n) is 4.17. The Morgan fingerprint density at radius 1 is 1.67 bits per heavy atom. The lowest BCUT2D eigenvalue weighted by Gasteiger charge is -1.94. The average Bonchev–Trinajstić information content (AvgIpc) is 2.18. The van der Waals surface area contributed by atoms with Crippen LogP contribution >= 0.6 is 0 Å². The number of benzene rings is 1. The second-order valence-corrected chi connectivity index (χ2v) is 2.68. The normalized spacial score (nSPS) is 9.87. The summed E-state index contributed by atoms with van der Waals surface area (Å²) in [6, 6.07) is 7.45. The van der Waals surface area contributed by atoms with Gasteiger partial charge in [0.1, 0.15) is 12.2 Å². The molecule has 5 heteroatoms. The second kappa shape index (κ2) is 5.50. The molecule has 0 aliphatic heterocycles. The van der Waals surface area contributed by atoms with Crippen molar-refractivity contribution in [1.82, 2.24) is 5.43 Å². The van der Waals surface area contributed by atoms with E-state index >= 15 is 0 Å².